The number of anilines is 1. The van der Waals surface area contributed by atoms with Gasteiger partial charge in [-0.05, 0) is 55.7 Å². The van der Waals surface area contributed by atoms with Crippen LogP contribution in [-0.2, 0) is 6.54 Å². The van der Waals surface area contributed by atoms with Crippen molar-refractivity contribution in [2.75, 3.05) is 11.9 Å². The first-order valence-corrected chi connectivity index (χ1v) is 9.65. The molecule has 0 saturated carbocycles. The molecule has 0 aliphatic rings. The normalized spacial score (nSPS) is 10.4. The van der Waals surface area contributed by atoms with Crippen LogP contribution in [0, 0.1) is 13.8 Å². The van der Waals surface area contributed by atoms with E-state index in [9.17, 15) is 9.59 Å². The molecule has 0 spiro atoms. The Labute approximate surface area is 171 Å². The number of nitrogens with zero attached hydrogens (tertiary/aromatic N) is 2. The predicted molar refractivity (Wildman–Crippen MR) is 115 cm³/mol. The molecule has 5 heteroatoms. The molecule has 0 bridgehead atoms. The quantitative estimate of drug-likeness (QED) is 0.672. The molecule has 0 aliphatic carbocycles. The maximum absolute atomic E-state index is 13.0. The van der Waals surface area contributed by atoms with Gasteiger partial charge in [-0.2, -0.15) is 0 Å². The molecule has 0 unspecified atom stereocenters. The van der Waals surface area contributed by atoms with Crippen molar-refractivity contribution in [3.63, 3.8) is 0 Å². The summed E-state index contributed by atoms with van der Waals surface area (Å²) in [5.74, 6) is -0.459. The van der Waals surface area contributed by atoms with Gasteiger partial charge in [0.1, 0.15) is 5.69 Å². The molecule has 0 radical (unpaired) electrons. The highest BCUT2D eigenvalue weighted by Crippen LogP contribution is 2.18. The van der Waals surface area contributed by atoms with Crippen molar-refractivity contribution in [3.8, 4) is 0 Å². The summed E-state index contributed by atoms with van der Waals surface area (Å²) in [5.41, 5.74) is 4.49. The average molecular weight is 387 g/mol. The molecule has 1 N–H and O–H groups in total. The van der Waals surface area contributed by atoms with E-state index in [-0.39, 0.29) is 17.5 Å². The fourth-order valence-electron chi connectivity index (χ4n) is 3.06. The van der Waals surface area contributed by atoms with E-state index in [1.807, 2.05) is 69.3 Å². The zero-order chi connectivity index (χ0) is 20.8. The lowest BCUT2D eigenvalue weighted by Crippen LogP contribution is -2.30. The highest BCUT2D eigenvalue weighted by Gasteiger charge is 2.17. The van der Waals surface area contributed by atoms with Crippen LogP contribution < -0.4 is 5.32 Å². The third kappa shape index (κ3) is 5.08. The number of pyridine rings is 1. The highest BCUT2D eigenvalue weighted by atomic mass is 16.2. The van der Waals surface area contributed by atoms with Crippen LogP contribution in [0.4, 0.5) is 5.69 Å². The second kappa shape index (κ2) is 9.15. The van der Waals surface area contributed by atoms with Gasteiger partial charge in [0.15, 0.2) is 0 Å². The first-order valence-electron chi connectivity index (χ1n) is 9.65. The number of hydrogen-bond acceptors (Lipinski definition) is 3. The van der Waals surface area contributed by atoms with Gasteiger partial charge in [-0.1, -0.05) is 42.5 Å². The van der Waals surface area contributed by atoms with Crippen LogP contribution in [-0.4, -0.2) is 28.2 Å². The SMILES string of the molecule is CCN(Cc1ccccc1)C(=O)c1ccnc(C(=O)Nc2cc(C)ccc2C)c1. The summed E-state index contributed by atoms with van der Waals surface area (Å²) in [6.07, 6.45) is 1.50. The van der Waals surface area contributed by atoms with Gasteiger partial charge in [0.2, 0.25) is 0 Å². The van der Waals surface area contributed by atoms with Crippen LogP contribution in [0.15, 0.2) is 66.9 Å². The number of hydrogen-bond donors (Lipinski definition) is 1. The lowest BCUT2D eigenvalue weighted by atomic mass is 10.1. The molecule has 1 heterocycles. The number of amides is 2. The molecule has 5 nitrogen and oxygen atoms in total. The summed E-state index contributed by atoms with van der Waals surface area (Å²) in [6.45, 7) is 6.93. The number of carbonyl (C=O) groups is 2. The second-order valence-corrected chi connectivity index (χ2v) is 7.01. The Kier molecular flexibility index (Phi) is 6.39. The van der Waals surface area contributed by atoms with E-state index in [1.54, 1.807) is 17.0 Å². The summed E-state index contributed by atoms with van der Waals surface area (Å²) in [7, 11) is 0. The van der Waals surface area contributed by atoms with Crippen LogP contribution in [0.3, 0.4) is 0 Å². The van der Waals surface area contributed by atoms with E-state index < -0.39 is 0 Å². The van der Waals surface area contributed by atoms with Crippen LogP contribution in [0.1, 0.15) is 44.5 Å². The molecule has 0 aliphatic heterocycles. The summed E-state index contributed by atoms with van der Waals surface area (Å²) < 4.78 is 0. The van der Waals surface area contributed by atoms with Crippen molar-refractivity contribution >= 4 is 17.5 Å². The molecule has 0 saturated heterocycles. The van der Waals surface area contributed by atoms with Gasteiger partial charge >= 0.3 is 0 Å². The molecule has 0 fully saturated rings. The van der Waals surface area contributed by atoms with E-state index >= 15 is 0 Å². The van der Waals surface area contributed by atoms with Crippen molar-refractivity contribution < 1.29 is 9.59 Å². The van der Waals surface area contributed by atoms with Crippen molar-refractivity contribution in [1.82, 2.24) is 9.88 Å². The molecule has 148 valence electrons. The van der Waals surface area contributed by atoms with E-state index in [2.05, 4.69) is 10.3 Å². The van der Waals surface area contributed by atoms with Crippen molar-refractivity contribution in [2.24, 2.45) is 0 Å². The van der Waals surface area contributed by atoms with Crippen molar-refractivity contribution in [1.29, 1.82) is 0 Å². The third-order valence-corrected chi connectivity index (χ3v) is 4.77. The van der Waals surface area contributed by atoms with Gasteiger partial charge in [0.25, 0.3) is 11.8 Å². The molecule has 29 heavy (non-hydrogen) atoms. The third-order valence-electron chi connectivity index (χ3n) is 4.77. The molecule has 3 rings (SSSR count). The monoisotopic (exact) mass is 387 g/mol. The van der Waals surface area contributed by atoms with Gasteiger partial charge in [-0.3, -0.25) is 14.6 Å². The molecular weight excluding hydrogens is 362 g/mol. The molecule has 2 aromatic carbocycles. The number of benzene rings is 2. The number of aryl methyl sites for hydroxylation is 2. The van der Waals surface area contributed by atoms with Crippen LogP contribution in [0.2, 0.25) is 0 Å². The van der Waals surface area contributed by atoms with Gasteiger partial charge in [0.05, 0.1) is 0 Å². The Bertz CT molecular complexity index is 1020. The predicted octanol–water partition coefficient (Wildman–Crippen LogP) is 4.61. The minimum absolute atomic E-state index is 0.125. The maximum atomic E-state index is 13.0. The highest BCUT2D eigenvalue weighted by molar-refractivity contribution is 6.05. The Morgan fingerprint density at radius 2 is 1.76 bits per heavy atom. The number of aromatic nitrogens is 1. The lowest BCUT2D eigenvalue weighted by molar-refractivity contribution is 0.0752. The zero-order valence-corrected chi connectivity index (χ0v) is 17.0. The molecule has 2 amide bonds. The molecule has 0 atom stereocenters. The Morgan fingerprint density at radius 3 is 2.48 bits per heavy atom. The summed E-state index contributed by atoms with van der Waals surface area (Å²) in [5, 5.41) is 2.89. The Balaban J connectivity index is 1.78. The maximum Gasteiger partial charge on any atom is 0.274 e. The Morgan fingerprint density at radius 1 is 1.00 bits per heavy atom. The van der Waals surface area contributed by atoms with Crippen LogP contribution in [0.25, 0.3) is 0 Å². The Hall–Kier alpha value is -3.47. The van der Waals surface area contributed by atoms with Crippen molar-refractivity contribution in [2.45, 2.75) is 27.3 Å². The smallest absolute Gasteiger partial charge is 0.274 e. The molecule has 1 aromatic heterocycles. The largest absolute Gasteiger partial charge is 0.335 e. The minimum atomic E-state index is -0.334. The zero-order valence-electron chi connectivity index (χ0n) is 17.0. The average Bonchev–Trinajstić information content (AvgIpc) is 2.75. The van der Waals surface area contributed by atoms with Crippen molar-refractivity contribution in [3.05, 3.63) is 94.8 Å². The van der Waals surface area contributed by atoms with E-state index in [1.165, 1.54) is 6.20 Å². The fraction of sp³-hybridized carbons (Fsp3) is 0.208. The second-order valence-electron chi connectivity index (χ2n) is 7.01. The van der Waals surface area contributed by atoms with E-state index in [0.717, 1.165) is 22.4 Å². The molecular formula is C24H25N3O2. The fourth-order valence-corrected chi connectivity index (χ4v) is 3.06. The summed E-state index contributed by atoms with van der Waals surface area (Å²) in [4.78, 5) is 31.6. The summed E-state index contributed by atoms with van der Waals surface area (Å²) in [6, 6.07) is 18.9. The number of nitrogens with one attached hydrogen (secondary N) is 1. The number of rotatable bonds is 6. The first kappa shape index (κ1) is 20.3. The molecule has 3 aromatic rings. The lowest BCUT2D eigenvalue weighted by Gasteiger charge is -2.21. The van der Waals surface area contributed by atoms with Gasteiger partial charge in [-0.25, -0.2) is 0 Å². The topological polar surface area (TPSA) is 62.3 Å². The first-order chi connectivity index (χ1) is 14.0. The van der Waals surface area contributed by atoms with E-state index in [0.29, 0.717) is 18.7 Å². The number of carbonyl (C=O) groups excluding carboxylic acids is 2. The summed E-state index contributed by atoms with van der Waals surface area (Å²) >= 11 is 0. The van der Waals surface area contributed by atoms with E-state index in [4.69, 9.17) is 0 Å². The van der Waals surface area contributed by atoms with Crippen LogP contribution in [0.5, 0.6) is 0 Å². The standard InChI is InChI=1S/C24H25N3O2/c1-4-27(16-19-8-6-5-7-9-19)24(29)20-12-13-25-22(15-20)23(28)26-21-14-17(2)10-11-18(21)3/h5-15H,4,16H2,1-3H3,(H,26,28). The van der Waals surface area contributed by atoms with Gasteiger partial charge in [0, 0.05) is 30.5 Å². The minimum Gasteiger partial charge on any atom is -0.335 e. The van der Waals surface area contributed by atoms with Gasteiger partial charge < -0.3 is 10.2 Å². The van der Waals surface area contributed by atoms with Gasteiger partial charge in [-0.15, -0.1) is 0 Å². The van der Waals surface area contributed by atoms with Crippen LogP contribution >= 0.6 is 0 Å².